The van der Waals surface area contributed by atoms with Crippen molar-refractivity contribution in [1.82, 2.24) is 9.97 Å². The molecule has 0 spiro atoms. The third-order valence-electron chi connectivity index (χ3n) is 5.23. The molecule has 0 fully saturated rings. The number of aromatic nitrogens is 2. The van der Waals surface area contributed by atoms with Crippen LogP contribution in [0.5, 0.6) is 0 Å². The van der Waals surface area contributed by atoms with E-state index in [1.54, 1.807) is 0 Å². The molecule has 0 amide bonds. The Kier molecular flexibility index (Phi) is 17.0. The normalized spacial score (nSPS) is 10.2. The van der Waals surface area contributed by atoms with Crippen molar-refractivity contribution < 1.29 is 30.3 Å². The second-order valence-corrected chi connectivity index (χ2v) is 31.2. The first-order valence-corrected chi connectivity index (χ1v) is 26.6. The van der Waals surface area contributed by atoms with Gasteiger partial charge in [-0.15, -0.1) is 0 Å². The minimum atomic E-state index is -1.72. The Morgan fingerprint density at radius 1 is 0.541 bits per heavy atom. The Morgan fingerprint density at radius 2 is 0.892 bits per heavy atom. The number of rotatable bonds is 4. The van der Waals surface area contributed by atoms with Gasteiger partial charge >= 0.3 is 220 Å². The maximum atomic E-state index is 7.00. The number of hydrogen-bond acceptors (Lipinski definition) is 4. The van der Waals surface area contributed by atoms with Crippen molar-refractivity contribution >= 4 is 35.3 Å². The largest absolute Gasteiger partial charge is 3.00 e. The molecule has 0 atom stereocenters. The van der Waals surface area contributed by atoms with Gasteiger partial charge in [0.2, 0.25) is 0 Å². The Morgan fingerprint density at radius 3 is 1.11 bits per heavy atom. The van der Waals surface area contributed by atoms with Gasteiger partial charge in [-0.2, -0.15) is 0 Å². The first-order chi connectivity index (χ1) is 17.1. The predicted octanol–water partition coefficient (Wildman–Crippen LogP) is 5.40. The van der Waals surface area contributed by atoms with Crippen LogP contribution in [0.1, 0.15) is 0 Å². The fourth-order valence-corrected chi connectivity index (χ4v) is 7.44. The summed E-state index contributed by atoms with van der Waals surface area (Å²) in [4.78, 5) is 9.06. The van der Waals surface area contributed by atoms with E-state index in [0.717, 1.165) is 36.7 Å². The molecule has 0 unspecified atom stereocenters. The average Bonchev–Trinajstić information content (AvgIpc) is 2.91. The molecule has 0 radical (unpaired) electrons. The van der Waals surface area contributed by atoms with Crippen molar-refractivity contribution in [3.05, 3.63) is 97.3 Å². The summed E-state index contributed by atoms with van der Waals surface area (Å²) in [5, 5.41) is 14.0. The van der Waals surface area contributed by atoms with Crippen LogP contribution < -0.4 is 8.79 Å². The number of aliphatic hydroxyl groups excluding tert-OH is 2. The Hall–Kier alpha value is -1.60. The van der Waals surface area contributed by atoms with Gasteiger partial charge in [0, 0.05) is 14.2 Å². The van der Waals surface area contributed by atoms with E-state index in [0.29, 0.717) is 0 Å². The summed E-state index contributed by atoms with van der Waals surface area (Å²) in [5.41, 5.74) is 4.15. The van der Waals surface area contributed by atoms with E-state index in [9.17, 15) is 0 Å². The number of aliphatic hydroxyl groups is 2. The summed E-state index contributed by atoms with van der Waals surface area (Å²) in [7, 11) is 2.00. The SMILES string of the molecule is CO.CO.[CH3][Ge]([CH3])([CH3])[c]1ccc(-c2[c-]cccc2)nc1.[CH3][Ge]([CH3])([CH3])[c]1ccc(-c2[c-]cccc2)nc1.[Ir+3]. The molecule has 0 aliphatic heterocycles. The monoisotopic (exact) mass is 801 g/mol. The molecule has 0 saturated carbocycles. The van der Waals surface area contributed by atoms with Crippen LogP contribution in [-0.2, 0) is 20.1 Å². The Balaban J connectivity index is 0.000000603. The van der Waals surface area contributed by atoms with E-state index < -0.39 is 26.5 Å². The standard InChI is InChI=1S/2C14H16GeN.2CH4O.Ir/c2*1-15(2,3)13-9-10-14(16-11-13)12-7-5-4-6-8-12;2*1-2;/h2*4-7,9-11H,1-3H3;2*2H,1H3;/q2*-1;;;+3. The topological polar surface area (TPSA) is 66.2 Å². The molecule has 2 N–H and O–H groups in total. The summed E-state index contributed by atoms with van der Waals surface area (Å²) < 4.78 is 2.89. The molecule has 4 aromatic rings. The van der Waals surface area contributed by atoms with Crippen molar-refractivity contribution in [2.24, 2.45) is 0 Å². The Bertz CT molecular complexity index is 1020. The predicted molar refractivity (Wildman–Crippen MR) is 159 cm³/mol. The fraction of sp³-hybridized carbons (Fsp3) is 0.267. The first kappa shape index (κ1) is 35.4. The van der Waals surface area contributed by atoms with Gasteiger partial charge < -0.3 is 10.2 Å². The minimum absolute atomic E-state index is 0. The van der Waals surface area contributed by atoms with Crippen LogP contribution in [0.3, 0.4) is 0 Å². The van der Waals surface area contributed by atoms with Gasteiger partial charge in [-0.05, 0) is 0 Å². The number of pyridine rings is 2. The van der Waals surface area contributed by atoms with Crippen LogP contribution in [0.4, 0.5) is 0 Å². The van der Waals surface area contributed by atoms with Crippen LogP contribution in [0, 0.1) is 12.1 Å². The molecule has 0 saturated heterocycles. The van der Waals surface area contributed by atoms with Gasteiger partial charge in [0.05, 0.1) is 0 Å². The van der Waals surface area contributed by atoms with Crippen molar-refractivity contribution in [3.63, 3.8) is 0 Å². The van der Waals surface area contributed by atoms with Crippen LogP contribution in [0.15, 0.2) is 85.2 Å². The van der Waals surface area contributed by atoms with Crippen LogP contribution in [0.2, 0.25) is 34.5 Å². The van der Waals surface area contributed by atoms with Crippen molar-refractivity contribution in [3.8, 4) is 22.5 Å². The summed E-state index contributed by atoms with van der Waals surface area (Å²) >= 11 is -3.43. The first-order valence-electron chi connectivity index (χ1n) is 11.9. The van der Waals surface area contributed by atoms with Crippen molar-refractivity contribution in [2.45, 2.75) is 34.5 Å². The molecule has 7 heteroatoms. The third-order valence-corrected chi connectivity index (χ3v) is 13.7. The van der Waals surface area contributed by atoms with E-state index in [1.165, 1.54) is 8.79 Å². The molecule has 0 aliphatic rings. The van der Waals surface area contributed by atoms with Gasteiger partial charge in [-0.3, -0.25) is 0 Å². The van der Waals surface area contributed by atoms with E-state index >= 15 is 0 Å². The molecule has 2 aromatic heterocycles. The molecule has 4 nitrogen and oxygen atoms in total. The Labute approximate surface area is 242 Å². The maximum Gasteiger partial charge on any atom is 3.00 e. The maximum absolute atomic E-state index is 7.00. The zero-order valence-electron chi connectivity index (χ0n) is 23.2. The van der Waals surface area contributed by atoms with Crippen LogP contribution in [0.25, 0.3) is 22.5 Å². The average molecular weight is 798 g/mol. The van der Waals surface area contributed by atoms with Gasteiger partial charge in [0.15, 0.2) is 0 Å². The van der Waals surface area contributed by atoms with Crippen molar-refractivity contribution in [1.29, 1.82) is 0 Å². The van der Waals surface area contributed by atoms with Gasteiger partial charge in [-0.25, -0.2) is 0 Å². The number of benzene rings is 2. The molecule has 0 bridgehead atoms. The molecule has 2 heterocycles. The second-order valence-electron chi connectivity index (χ2n) is 9.92. The molecule has 2 aromatic carbocycles. The zero-order chi connectivity index (χ0) is 27.2. The second kappa shape index (κ2) is 17.8. The molecular formula is C30H40Ge2IrN2O2+. The van der Waals surface area contributed by atoms with Crippen LogP contribution >= 0.6 is 0 Å². The molecule has 4 rings (SSSR count). The summed E-state index contributed by atoms with van der Waals surface area (Å²) in [6.07, 6.45) is 4.08. The van der Waals surface area contributed by atoms with E-state index in [4.69, 9.17) is 10.2 Å². The molecular weight excluding hydrogens is 758 g/mol. The molecule has 37 heavy (non-hydrogen) atoms. The molecule has 198 valence electrons. The number of nitrogens with zero attached hydrogens (tertiary/aromatic N) is 2. The summed E-state index contributed by atoms with van der Waals surface area (Å²) in [5.74, 6) is 14.3. The summed E-state index contributed by atoms with van der Waals surface area (Å²) in [6, 6.07) is 31.0. The van der Waals surface area contributed by atoms with E-state index in [-0.39, 0.29) is 20.1 Å². The fourth-order valence-electron chi connectivity index (χ4n) is 3.10. The smallest absolute Gasteiger partial charge is 3.00 e. The van der Waals surface area contributed by atoms with Gasteiger partial charge in [0.1, 0.15) is 0 Å². The van der Waals surface area contributed by atoms with E-state index in [1.807, 2.05) is 60.9 Å². The van der Waals surface area contributed by atoms with Gasteiger partial charge in [0.25, 0.3) is 0 Å². The zero-order valence-corrected chi connectivity index (χ0v) is 29.8. The van der Waals surface area contributed by atoms with Gasteiger partial charge in [-0.1, -0.05) is 0 Å². The number of hydrogen-bond donors (Lipinski definition) is 2. The van der Waals surface area contributed by atoms with Crippen molar-refractivity contribution in [2.75, 3.05) is 14.2 Å². The third kappa shape index (κ3) is 12.2. The van der Waals surface area contributed by atoms with Crippen LogP contribution in [-0.4, -0.2) is 60.9 Å². The van der Waals surface area contributed by atoms with E-state index in [2.05, 4.69) is 80.9 Å². The summed E-state index contributed by atoms with van der Waals surface area (Å²) in [6.45, 7) is 0. The quantitative estimate of drug-likeness (QED) is 0.215. The minimum Gasteiger partial charge on any atom is 3.00 e. The molecule has 0 aliphatic carbocycles.